The Morgan fingerprint density at radius 2 is 2.32 bits per heavy atom. The fourth-order valence-corrected chi connectivity index (χ4v) is 1.76. The fraction of sp³-hybridized carbons (Fsp3) is 0.250. The van der Waals surface area contributed by atoms with Crippen LogP contribution >= 0.6 is 11.6 Å². The van der Waals surface area contributed by atoms with Crippen LogP contribution in [0.3, 0.4) is 0 Å². The molecular formula is C12H14ClN5O. The van der Waals surface area contributed by atoms with Crippen LogP contribution in [0.15, 0.2) is 24.5 Å². The van der Waals surface area contributed by atoms with Crippen molar-refractivity contribution in [1.29, 1.82) is 0 Å². The number of hydrogen-bond donors (Lipinski definition) is 2. The van der Waals surface area contributed by atoms with Crippen LogP contribution in [0.1, 0.15) is 16.1 Å². The molecule has 0 aliphatic carbocycles. The van der Waals surface area contributed by atoms with E-state index in [1.807, 2.05) is 19.3 Å². The first-order valence-electron chi connectivity index (χ1n) is 5.70. The van der Waals surface area contributed by atoms with Gasteiger partial charge in [0.05, 0.1) is 22.8 Å². The van der Waals surface area contributed by atoms with E-state index in [2.05, 4.69) is 20.7 Å². The monoisotopic (exact) mass is 279 g/mol. The average Bonchev–Trinajstić information content (AvgIpc) is 2.82. The summed E-state index contributed by atoms with van der Waals surface area (Å²) < 4.78 is 1.68. The van der Waals surface area contributed by atoms with E-state index in [0.29, 0.717) is 22.9 Å². The Balaban J connectivity index is 2.07. The maximum Gasteiger partial charge on any atom is 0.253 e. The van der Waals surface area contributed by atoms with Crippen LogP contribution in [-0.4, -0.2) is 27.7 Å². The third-order valence-electron chi connectivity index (χ3n) is 2.56. The van der Waals surface area contributed by atoms with Gasteiger partial charge in [-0.25, -0.2) is 4.98 Å². The Kier molecular flexibility index (Phi) is 4.01. The van der Waals surface area contributed by atoms with Crippen molar-refractivity contribution >= 4 is 23.3 Å². The Morgan fingerprint density at radius 1 is 1.53 bits per heavy atom. The summed E-state index contributed by atoms with van der Waals surface area (Å²) in [5, 5.41) is 10.1. The molecule has 2 heterocycles. The highest BCUT2D eigenvalue weighted by Crippen LogP contribution is 2.17. The molecule has 0 aliphatic rings. The molecule has 6 nitrogen and oxygen atoms in total. The van der Waals surface area contributed by atoms with Crippen LogP contribution in [0, 0.1) is 0 Å². The van der Waals surface area contributed by atoms with E-state index in [4.69, 9.17) is 11.6 Å². The lowest BCUT2D eigenvalue weighted by molar-refractivity contribution is 0.0950. The zero-order chi connectivity index (χ0) is 13.8. The maximum absolute atomic E-state index is 12.0. The van der Waals surface area contributed by atoms with Crippen molar-refractivity contribution in [2.24, 2.45) is 7.05 Å². The predicted octanol–water partition coefficient (Wildman–Crippen LogP) is 1.44. The second-order valence-electron chi connectivity index (χ2n) is 3.96. The second-order valence-corrected chi connectivity index (χ2v) is 4.37. The zero-order valence-corrected chi connectivity index (χ0v) is 11.4. The standard InChI is InChI=1S/C12H14ClN5O/c1-14-11-5-9(10(13)7-15-11)12(19)16-6-8-3-4-18(2)17-8/h3-5,7H,6H2,1-2H3,(H,14,15)(H,16,19). The SMILES string of the molecule is CNc1cc(C(=O)NCc2ccn(C)n2)c(Cl)cn1. The summed E-state index contributed by atoms with van der Waals surface area (Å²) in [5.41, 5.74) is 1.17. The van der Waals surface area contributed by atoms with Crippen molar-refractivity contribution in [3.63, 3.8) is 0 Å². The summed E-state index contributed by atoms with van der Waals surface area (Å²) in [5.74, 6) is 0.335. The lowest BCUT2D eigenvalue weighted by atomic mass is 10.2. The first-order chi connectivity index (χ1) is 9.10. The van der Waals surface area contributed by atoms with Crippen LogP contribution in [-0.2, 0) is 13.6 Å². The summed E-state index contributed by atoms with van der Waals surface area (Å²) in [6.07, 6.45) is 3.27. The molecule has 0 atom stereocenters. The molecule has 2 aromatic heterocycles. The van der Waals surface area contributed by atoms with Gasteiger partial charge in [0, 0.05) is 26.5 Å². The number of amides is 1. The summed E-state index contributed by atoms with van der Waals surface area (Å²) in [4.78, 5) is 16.1. The Labute approximate surface area is 115 Å². The normalized spacial score (nSPS) is 10.3. The fourth-order valence-electron chi connectivity index (χ4n) is 1.57. The van der Waals surface area contributed by atoms with Gasteiger partial charge in [-0.15, -0.1) is 0 Å². The van der Waals surface area contributed by atoms with Gasteiger partial charge in [0.2, 0.25) is 0 Å². The van der Waals surface area contributed by atoms with Crippen LogP contribution in [0.5, 0.6) is 0 Å². The van der Waals surface area contributed by atoms with E-state index >= 15 is 0 Å². The van der Waals surface area contributed by atoms with Crippen molar-refractivity contribution in [3.05, 3.63) is 40.8 Å². The van der Waals surface area contributed by atoms with Gasteiger partial charge in [0.25, 0.3) is 5.91 Å². The highest BCUT2D eigenvalue weighted by Gasteiger charge is 2.12. The molecule has 0 spiro atoms. The molecule has 0 bridgehead atoms. The van der Waals surface area contributed by atoms with Gasteiger partial charge < -0.3 is 10.6 Å². The number of nitrogens with one attached hydrogen (secondary N) is 2. The zero-order valence-electron chi connectivity index (χ0n) is 10.6. The van der Waals surface area contributed by atoms with Crippen molar-refractivity contribution in [1.82, 2.24) is 20.1 Å². The Morgan fingerprint density at radius 3 is 2.95 bits per heavy atom. The number of nitrogens with zero attached hydrogens (tertiary/aromatic N) is 3. The number of halogens is 1. The van der Waals surface area contributed by atoms with E-state index in [1.54, 1.807) is 17.8 Å². The topological polar surface area (TPSA) is 71.8 Å². The molecule has 0 saturated heterocycles. The molecule has 2 rings (SSSR count). The number of rotatable bonds is 4. The maximum atomic E-state index is 12.0. The van der Waals surface area contributed by atoms with Crippen LogP contribution in [0.25, 0.3) is 0 Å². The quantitative estimate of drug-likeness (QED) is 0.888. The van der Waals surface area contributed by atoms with E-state index in [9.17, 15) is 4.79 Å². The molecule has 2 aromatic rings. The van der Waals surface area contributed by atoms with Gasteiger partial charge >= 0.3 is 0 Å². The molecule has 0 aliphatic heterocycles. The summed E-state index contributed by atoms with van der Waals surface area (Å²) in [7, 11) is 3.55. The van der Waals surface area contributed by atoms with Crippen molar-refractivity contribution in [2.75, 3.05) is 12.4 Å². The summed E-state index contributed by atoms with van der Waals surface area (Å²) in [6.45, 7) is 0.354. The minimum atomic E-state index is -0.255. The van der Waals surface area contributed by atoms with Gasteiger partial charge in [-0.2, -0.15) is 5.10 Å². The molecule has 2 N–H and O–H groups in total. The van der Waals surface area contributed by atoms with E-state index in [0.717, 1.165) is 5.69 Å². The summed E-state index contributed by atoms with van der Waals surface area (Å²) >= 11 is 5.96. The Hall–Kier alpha value is -2.08. The van der Waals surface area contributed by atoms with Gasteiger partial charge in [-0.05, 0) is 12.1 Å². The molecule has 100 valence electrons. The smallest absolute Gasteiger partial charge is 0.253 e. The molecule has 19 heavy (non-hydrogen) atoms. The lowest BCUT2D eigenvalue weighted by Crippen LogP contribution is -2.23. The molecular weight excluding hydrogens is 266 g/mol. The molecule has 0 aromatic carbocycles. The highest BCUT2D eigenvalue weighted by molar-refractivity contribution is 6.33. The van der Waals surface area contributed by atoms with E-state index in [-0.39, 0.29) is 5.91 Å². The average molecular weight is 280 g/mol. The van der Waals surface area contributed by atoms with Gasteiger partial charge in [0.15, 0.2) is 0 Å². The van der Waals surface area contributed by atoms with Crippen molar-refractivity contribution in [3.8, 4) is 0 Å². The molecule has 0 radical (unpaired) electrons. The largest absolute Gasteiger partial charge is 0.373 e. The van der Waals surface area contributed by atoms with E-state index < -0.39 is 0 Å². The van der Waals surface area contributed by atoms with Crippen molar-refractivity contribution < 1.29 is 4.79 Å². The van der Waals surface area contributed by atoms with Gasteiger partial charge in [-0.3, -0.25) is 9.48 Å². The molecule has 1 amide bonds. The minimum Gasteiger partial charge on any atom is -0.373 e. The summed E-state index contributed by atoms with van der Waals surface area (Å²) in [6, 6.07) is 3.45. The number of pyridine rings is 1. The third-order valence-corrected chi connectivity index (χ3v) is 2.86. The van der Waals surface area contributed by atoms with Gasteiger partial charge in [-0.1, -0.05) is 11.6 Å². The molecule has 7 heteroatoms. The number of carbonyl (C=O) groups excluding carboxylic acids is 1. The number of anilines is 1. The predicted molar refractivity (Wildman–Crippen MR) is 73.2 cm³/mol. The highest BCUT2D eigenvalue weighted by atomic mass is 35.5. The Bertz CT molecular complexity index is 596. The first-order valence-corrected chi connectivity index (χ1v) is 6.08. The number of aryl methyl sites for hydroxylation is 1. The minimum absolute atomic E-state index is 0.255. The van der Waals surface area contributed by atoms with Gasteiger partial charge in [0.1, 0.15) is 5.82 Å². The number of carbonyl (C=O) groups is 1. The number of aromatic nitrogens is 3. The van der Waals surface area contributed by atoms with E-state index in [1.165, 1.54) is 6.20 Å². The number of hydrogen-bond acceptors (Lipinski definition) is 4. The molecule has 0 saturated carbocycles. The van der Waals surface area contributed by atoms with Crippen LogP contribution in [0.4, 0.5) is 5.82 Å². The van der Waals surface area contributed by atoms with Crippen LogP contribution < -0.4 is 10.6 Å². The van der Waals surface area contributed by atoms with Crippen molar-refractivity contribution in [2.45, 2.75) is 6.54 Å². The first kappa shape index (κ1) is 13.4. The third kappa shape index (κ3) is 3.23. The molecule has 0 fully saturated rings. The lowest BCUT2D eigenvalue weighted by Gasteiger charge is -2.07. The molecule has 0 unspecified atom stereocenters. The van der Waals surface area contributed by atoms with Crippen LogP contribution in [0.2, 0.25) is 5.02 Å². The second kappa shape index (κ2) is 5.71.